The second kappa shape index (κ2) is 23.7. The molecule has 0 saturated carbocycles. The van der Waals surface area contributed by atoms with Crippen molar-refractivity contribution in [3.63, 3.8) is 0 Å². The lowest BCUT2D eigenvalue weighted by atomic mass is 10.0. The van der Waals surface area contributed by atoms with Gasteiger partial charge in [0.25, 0.3) is 0 Å². The van der Waals surface area contributed by atoms with Gasteiger partial charge < -0.3 is 23.7 Å². The molecular weight excluding hydrogens is 1270 g/mol. The van der Waals surface area contributed by atoms with Crippen molar-refractivity contribution in [3.8, 4) is 28.7 Å². The van der Waals surface area contributed by atoms with Gasteiger partial charge in [0.2, 0.25) is 17.2 Å². The molecule has 6 aromatic rings. The summed E-state index contributed by atoms with van der Waals surface area (Å²) in [4.78, 5) is 0. The minimum atomic E-state index is -5.71. The third-order valence-electron chi connectivity index (χ3n) is 11.7. The molecule has 0 aromatic heterocycles. The van der Waals surface area contributed by atoms with Gasteiger partial charge in [-0.05, 0) is 126 Å². The lowest BCUT2D eigenvalue weighted by molar-refractivity contribution is -0.144. The number of benzene rings is 6. The average molecular weight is 1300 g/mol. The normalized spacial score (nSPS) is 13.5. The first-order valence-corrected chi connectivity index (χ1v) is 23.1. The van der Waals surface area contributed by atoms with Crippen LogP contribution in [-0.2, 0) is 94.8 Å². The summed E-state index contributed by atoms with van der Waals surface area (Å²) < 4.78 is 450. The third kappa shape index (κ3) is 17.5. The minimum Gasteiger partial charge on any atom is -0.484 e. The van der Waals surface area contributed by atoms with E-state index in [0.29, 0.717) is 6.92 Å². The van der Waals surface area contributed by atoms with Crippen LogP contribution in [-0.4, -0.2) is 0 Å². The Hall–Kier alpha value is -7.78. The number of alkyl halides is 30. The molecule has 87 heavy (non-hydrogen) atoms. The van der Waals surface area contributed by atoms with Gasteiger partial charge >= 0.3 is 61.8 Å². The zero-order valence-corrected chi connectivity index (χ0v) is 42.1. The van der Waals surface area contributed by atoms with E-state index in [9.17, 15) is 132 Å². The molecule has 0 aliphatic rings. The first-order chi connectivity index (χ1) is 39.3. The molecule has 0 heterocycles. The maximum absolute atomic E-state index is 14.1. The molecule has 0 aliphatic carbocycles. The quantitative estimate of drug-likeness (QED) is 0.0959. The summed E-state index contributed by atoms with van der Waals surface area (Å²) in [7, 11) is 0. The molecule has 35 heteroatoms. The summed E-state index contributed by atoms with van der Waals surface area (Å²) >= 11 is 0. The number of hydrogen-bond acceptors (Lipinski definition) is 5. The smallest absolute Gasteiger partial charge is 0.416 e. The van der Waals surface area contributed by atoms with Crippen LogP contribution in [0.1, 0.15) is 89.0 Å². The maximum Gasteiger partial charge on any atom is 0.416 e. The van der Waals surface area contributed by atoms with Gasteiger partial charge in [0, 0.05) is 5.56 Å². The zero-order valence-electron chi connectivity index (χ0n) is 42.1. The Morgan fingerprint density at radius 1 is 0.195 bits per heavy atom. The number of halogens is 30. The van der Waals surface area contributed by atoms with Crippen molar-refractivity contribution in [3.05, 3.63) is 180 Å². The van der Waals surface area contributed by atoms with Crippen LogP contribution in [0, 0.1) is 6.92 Å². The van der Waals surface area contributed by atoms with E-state index in [4.69, 9.17) is 23.7 Å². The molecule has 0 bridgehead atoms. The fourth-order valence-electron chi connectivity index (χ4n) is 7.78. The summed E-state index contributed by atoms with van der Waals surface area (Å²) in [6, 6.07) is -3.11. The molecule has 0 radical (unpaired) electrons. The van der Waals surface area contributed by atoms with Gasteiger partial charge in [0.1, 0.15) is 33.0 Å². The van der Waals surface area contributed by atoms with Gasteiger partial charge in [0.05, 0.1) is 55.6 Å². The molecule has 5 nitrogen and oxygen atoms in total. The van der Waals surface area contributed by atoms with E-state index in [-0.39, 0.29) is 60.7 Å². The highest BCUT2D eigenvalue weighted by Crippen LogP contribution is 2.56. The monoisotopic (exact) mass is 1300 g/mol. The van der Waals surface area contributed by atoms with Gasteiger partial charge in [-0.2, -0.15) is 132 Å². The summed E-state index contributed by atoms with van der Waals surface area (Å²) in [5.41, 5.74) is -28.7. The molecule has 0 aliphatic heterocycles. The molecule has 476 valence electrons. The zero-order chi connectivity index (χ0) is 65.8. The SMILES string of the molecule is Cc1c(OCc2cc(C(F)(F)F)cc(C(F)(F)F)c2)c(OCc2cc(C(F)(F)F)cc(C(F)(F)F)c2)c(OCc2cc(C(F)(F)F)cc(C(F)(F)F)c2)c(OCc2cc(C(F)(F)F)cc(C(F)(F)F)c2)c1OCc1cc(C(F)(F)F)cc(C(F)(F)F)c1. The summed E-state index contributed by atoms with van der Waals surface area (Å²) in [5.74, 6) is -7.95. The van der Waals surface area contributed by atoms with E-state index in [1.807, 2.05) is 0 Å². The Balaban J connectivity index is 1.76. The molecule has 0 amide bonds. The van der Waals surface area contributed by atoms with Crippen molar-refractivity contribution in [1.29, 1.82) is 0 Å². The van der Waals surface area contributed by atoms with Crippen LogP contribution in [0.4, 0.5) is 132 Å². The molecule has 0 fully saturated rings. The number of ether oxygens (including phenoxy) is 5. The molecule has 0 N–H and O–H groups in total. The standard InChI is InChI=1S/C52H28F30O5/c1-22-38(83-17-23-2-28(43(53,54)55)12-29(3-23)44(56,57)58)40(85-19-25-6-32(47(65,66)67)14-33(7-25)48(68,69)70)42(87-21-27-10-36(51(77,78)79)16-37(11-27)52(80,81)82)41(86-20-26-8-34(49(71,72)73)15-35(9-26)50(74,75)76)39(22)84-18-24-4-30(45(59,60)61)13-31(5-24)46(62,63)64/h2-16H,17-21H2,1H3. The predicted octanol–water partition coefficient (Wildman–Crippen LogP) is 20.1. The highest BCUT2D eigenvalue weighted by atomic mass is 19.4. The van der Waals surface area contributed by atoms with Crippen molar-refractivity contribution >= 4 is 0 Å². The average Bonchev–Trinajstić information content (AvgIpc) is 0.863. The van der Waals surface area contributed by atoms with Crippen LogP contribution in [0.5, 0.6) is 28.7 Å². The minimum absolute atomic E-state index is 0.0548. The van der Waals surface area contributed by atoms with Gasteiger partial charge in [-0.3, -0.25) is 0 Å². The van der Waals surface area contributed by atoms with Crippen LogP contribution in [0.3, 0.4) is 0 Å². The molecule has 0 spiro atoms. The van der Waals surface area contributed by atoms with Crippen LogP contribution < -0.4 is 23.7 Å². The maximum atomic E-state index is 14.1. The van der Waals surface area contributed by atoms with Crippen molar-refractivity contribution in [2.45, 2.75) is 102 Å². The molecular formula is C52H28F30O5. The second-order valence-electron chi connectivity index (χ2n) is 18.3. The van der Waals surface area contributed by atoms with E-state index in [0.717, 1.165) is 0 Å². The lowest BCUT2D eigenvalue weighted by Gasteiger charge is -2.26. The Labute approximate surface area is 465 Å². The van der Waals surface area contributed by atoms with E-state index < -0.39 is 243 Å². The fraction of sp³-hybridized carbons (Fsp3) is 0.308. The topological polar surface area (TPSA) is 46.2 Å². The first-order valence-electron chi connectivity index (χ1n) is 23.1. The van der Waals surface area contributed by atoms with Gasteiger partial charge in [-0.1, -0.05) is 0 Å². The Morgan fingerprint density at radius 3 is 0.437 bits per heavy atom. The van der Waals surface area contributed by atoms with E-state index >= 15 is 0 Å². The Morgan fingerprint density at radius 2 is 0.310 bits per heavy atom. The van der Waals surface area contributed by atoms with Gasteiger partial charge in [0.15, 0.2) is 11.5 Å². The van der Waals surface area contributed by atoms with E-state index in [2.05, 4.69) is 0 Å². The Kier molecular flexibility index (Phi) is 18.6. The van der Waals surface area contributed by atoms with Crippen molar-refractivity contribution < 1.29 is 155 Å². The third-order valence-corrected chi connectivity index (χ3v) is 11.7. The first kappa shape index (κ1) is 68.3. The highest BCUT2D eigenvalue weighted by Gasteiger charge is 2.43. The fourth-order valence-corrected chi connectivity index (χ4v) is 7.78. The van der Waals surface area contributed by atoms with Gasteiger partial charge in [-0.15, -0.1) is 0 Å². The molecule has 0 atom stereocenters. The van der Waals surface area contributed by atoms with Crippen molar-refractivity contribution in [2.75, 3.05) is 0 Å². The summed E-state index contributed by atoms with van der Waals surface area (Å²) in [6.07, 6.45) is -56.8. The lowest BCUT2D eigenvalue weighted by Crippen LogP contribution is -2.15. The second-order valence-corrected chi connectivity index (χ2v) is 18.3. The van der Waals surface area contributed by atoms with Crippen LogP contribution in [0.2, 0.25) is 0 Å². The molecule has 6 aromatic carbocycles. The van der Waals surface area contributed by atoms with Gasteiger partial charge in [-0.25, -0.2) is 0 Å². The van der Waals surface area contributed by atoms with Crippen LogP contribution in [0.15, 0.2) is 91.0 Å². The molecule has 6 rings (SSSR count). The molecule has 0 unspecified atom stereocenters. The highest BCUT2D eigenvalue weighted by molar-refractivity contribution is 5.70. The van der Waals surface area contributed by atoms with E-state index in [1.165, 1.54) is 0 Å². The largest absolute Gasteiger partial charge is 0.484 e. The van der Waals surface area contributed by atoms with Crippen LogP contribution in [0.25, 0.3) is 0 Å². The van der Waals surface area contributed by atoms with E-state index in [1.54, 1.807) is 0 Å². The summed E-state index contributed by atoms with van der Waals surface area (Å²) in [6.45, 7) is -8.42. The predicted molar refractivity (Wildman–Crippen MR) is 235 cm³/mol. The summed E-state index contributed by atoms with van der Waals surface area (Å²) in [5, 5.41) is 0. The number of rotatable bonds is 15. The Bertz CT molecular complexity index is 3110. The number of hydrogen-bond donors (Lipinski definition) is 0. The molecule has 0 saturated heterocycles. The van der Waals surface area contributed by atoms with Crippen LogP contribution >= 0.6 is 0 Å². The van der Waals surface area contributed by atoms with Crippen molar-refractivity contribution in [1.82, 2.24) is 0 Å². The van der Waals surface area contributed by atoms with Crippen molar-refractivity contribution in [2.24, 2.45) is 0 Å².